The van der Waals surface area contributed by atoms with E-state index in [4.69, 9.17) is 14.0 Å². The van der Waals surface area contributed by atoms with E-state index in [1.807, 2.05) is 0 Å². The molecule has 0 radical (unpaired) electrons. The number of unbranched alkanes of at least 4 members (excludes halogenated alkanes) is 36. The highest BCUT2D eigenvalue weighted by Crippen LogP contribution is 2.42. The van der Waals surface area contributed by atoms with Gasteiger partial charge in [-0.1, -0.05) is 238 Å². The lowest BCUT2D eigenvalue weighted by atomic mass is 10.0. The van der Waals surface area contributed by atoms with E-state index in [0.717, 1.165) is 39.2 Å². The van der Waals surface area contributed by atoms with Crippen molar-refractivity contribution >= 4 is 19.8 Å². The first-order valence-electron chi connectivity index (χ1n) is 25.9. The molecule has 0 aliphatic rings. The molecule has 0 bridgehead atoms. The van der Waals surface area contributed by atoms with Gasteiger partial charge >= 0.3 is 19.8 Å². The number of phosphoric ester groups is 1. The Morgan fingerprint density at radius 3 is 1.08 bits per heavy atom. The maximum atomic E-state index is 12.6. The van der Waals surface area contributed by atoms with Gasteiger partial charge in [0.1, 0.15) is 6.61 Å². The van der Waals surface area contributed by atoms with Crippen LogP contribution in [0.5, 0.6) is 0 Å². The fourth-order valence-electron chi connectivity index (χ4n) is 7.77. The minimum Gasteiger partial charge on any atom is -0.462 e. The molecule has 2 atom stereocenters. The fourth-order valence-corrected chi connectivity index (χ4v) is 8.23. The number of phosphoric acid groups is 1. The van der Waals surface area contributed by atoms with Crippen LogP contribution in [0.25, 0.3) is 0 Å². The van der Waals surface area contributed by atoms with Crippen molar-refractivity contribution in [2.24, 2.45) is 0 Å². The van der Waals surface area contributed by atoms with Crippen LogP contribution in [0.3, 0.4) is 0 Å². The Kier molecular flexibility index (Phi) is 46.3. The third kappa shape index (κ3) is 46.3. The van der Waals surface area contributed by atoms with Gasteiger partial charge in [0.15, 0.2) is 6.10 Å². The number of rotatable bonds is 49. The van der Waals surface area contributed by atoms with E-state index in [1.165, 1.54) is 212 Å². The van der Waals surface area contributed by atoms with Gasteiger partial charge in [0, 0.05) is 20.0 Å². The van der Waals surface area contributed by atoms with E-state index in [1.54, 1.807) is 0 Å². The van der Waals surface area contributed by atoms with Crippen LogP contribution in [0.1, 0.15) is 277 Å². The molecule has 0 saturated heterocycles. The van der Waals surface area contributed by atoms with Gasteiger partial charge in [-0.3, -0.25) is 18.6 Å². The van der Waals surface area contributed by atoms with Crippen molar-refractivity contribution in [2.75, 3.05) is 20.3 Å². The average Bonchev–Trinajstić information content (AvgIpc) is 3.24. The number of allylic oxidation sites excluding steroid dienone is 2. The van der Waals surface area contributed by atoms with Crippen LogP contribution >= 0.6 is 7.82 Å². The summed E-state index contributed by atoms with van der Waals surface area (Å²) in [5.41, 5.74) is 0. The predicted molar refractivity (Wildman–Crippen MR) is 253 cm³/mol. The molecule has 0 aromatic carbocycles. The van der Waals surface area contributed by atoms with Crippen LogP contribution in [0.4, 0.5) is 0 Å². The molecule has 1 N–H and O–H groups in total. The van der Waals surface area contributed by atoms with Gasteiger partial charge in [-0.2, -0.15) is 0 Å². The summed E-state index contributed by atoms with van der Waals surface area (Å²) in [4.78, 5) is 34.7. The molecule has 9 heteroatoms. The second-order valence-electron chi connectivity index (χ2n) is 17.7. The van der Waals surface area contributed by atoms with E-state index in [-0.39, 0.29) is 19.0 Å². The van der Waals surface area contributed by atoms with Gasteiger partial charge in [-0.15, -0.1) is 0 Å². The average molecular weight is 871 g/mol. The highest BCUT2D eigenvalue weighted by atomic mass is 31.2. The second-order valence-corrected chi connectivity index (χ2v) is 19.2. The molecule has 0 heterocycles. The van der Waals surface area contributed by atoms with Crippen LogP contribution < -0.4 is 0 Å². The van der Waals surface area contributed by atoms with Crippen LogP contribution in [0, 0.1) is 0 Å². The number of hydrogen-bond donors (Lipinski definition) is 1. The zero-order valence-corrected chi connectivity index (χ0v) is 40.8. The molecule has 0 aromatic heterocycles. The van der Waals surface area contributed by atoms with Gasteiger partial charge in [0.2, 0.25) is 0 Å². The summed E-state index contributed by atoms with van der Waals surface area (Å²) in [6.07, 6.45) is 54.2. The van der Waals surface area contributed by atoms with Crippen LogP contribution in [-0.4, -0.2) is 43.3 Å². The lowest BCUT2D eigenvalue weighted by Crippen LogP contribution is -2.29. The van der Waals surface area contributed by atoms with Crippen molar-refractivity contribution in [1.82, 2.24) is 0 Å². The highest BCUT2D eigenvalue weighted by Gasteiger charge is 2.24. The molecule has 0 fully saturated rings. The Bertz CT molecular complexity index is 988. The molecule has 356 valence electrons. The molecule has 60 heavy (non-hydrogen) atoms. The molecule has 0 saturated carbocycles. The monoisotopic (exact) mass is 871 g/mol. The summed E-state index contributed by atoms with van der Waals surface area (Å²) >= 11 is 0. The quantitative estimate of drug-likeness (QED) is 0.0279. The number of ether oxygens (including phenoxy) is 2. The fraction of sp³-hybridized carbons (Fsp3) is 0.922. The Morgan fingerprint density at radius 2 is 0.750 bits per heavy atom. The molecular weight excluding hydrogens is 772 g/mol. The maximum absolute atomic E-state index is 12.6. The lowest BCUT2D eigenvalue weighted by molar-refractivity contribution is -0.161. The molecule has 0 aliphatic carbocycles. The van der Waals surface area contributed by atoms with Crippen LogP contribution in [0.2, 0.25) is 0 Å². The van der Waals surface area contributed by atoms with E-state index in [9.17, 15) is 19.0 Å². The molecule has 2 unspecified atom stereocenters. The first-order valence-corrected chi connectivity index (χ1v) is 27.4. The Labute approximate surface area is 371 Å². The van der Waals surface area contributed by atoms with Gasteiger partial charge in [0.25, 0.3) is 0 Å². The third-order valence-electron chi connectivity index (χ3n) is 11.8. The van der Waals surface area contributed by atoms with Crippen molar-refractivity contribution in [1.29, 1.82) is 0 Å². The standard InChI is InChI=1S/C51H99O8P/c1-4-6-8-10-12-14-16-18-20-22-24-25-26-28-29-31-33-35-37-39-41-43-45-50(52)57-47-49(48-58-60(54,55)56-3)59-51(53)46-44-42-40-38-36-34-32-30-27-23-21-19-17-15-13-11-9-7-5-2/h19,21,49H,4-18,20,22-48H2,1-3H3,(H,54,55)/b21-19-. The summed E-state index contributed by atoms with van der Waals surface area (Å²) in [5, 5.41) is 0. The summed E-state index contributed by atoms with van der Waals surface area (Å²) in [7, 11) is -3.19. The van der Waals surface area contributed by atoms with Crippen molar-refractivity contribution in [3.05, 3.63) is 12.2 Å². The topological polar surface area (TPSA) is 108 Å². The van der Waals surface area contributed by atoms with E-state index >= 15 is 0 Å². The third-order valence-corrected chi connectivity index (χ3v) is 12.7. The lowest BCUT2D eigenvalue weighted by Gasteiger charge is -2.19. The van der Waals surface area contributed by atoms with Gasteiger partial charge in [-0.05, 0) is 38.5 Å². The second kappa shape index (κ2) is 47.3. The largest absolute Gasteiger partial charge is 0.472 e. The minimum absolute atomic E-state index is 0.219. The Balaban J connectivity index is 3.85. The van der Waals surface area contributed by atoms with Gasteiger partial charge in [0.05, 0.1) is 6.61 Å². The minimum atomic E-state index is -4.26. The first kappa shape index (κ1) is 58.8. The molecule has 0 spiro atoms. The molecule has 8 nitrogen and oxygen atoms in total. The summed E-state index contributed by atoms with van der Waals surface area (Å²) in [6, 6.07) is 0. The van der Waals surface area contributed by atoms with Crippen molar-refractivity contribution in [2.45, 2.75) is 283 Å². The Morgan fingerprint density at radius 1 is 0.450 bits per heavy atom. The van der Waals surface area contributed by atoms with Gasteiger partial charge in [-0.25, -0.2) is 4.57 Å². The smallest absolute Gasteiger partial charge is 0.462 e. The zero-order valence-electron chi connectivity index (χ0n) is 39.9. The van der Waals surface area contributed by atoms with Crippen LogP contribution in [0.15, 0.2) is 12.2 Å². The molecule has 0 aromatic rings. The Hall–Kier alpha value is -1.21. The first-order chi connectivity index (χ1) is 29.3. The van der Waals surface area contributed by atoms with E-state index < -0.39 is 26.5 Å². The SMILES string of the molecule is CCCCCCCC/C=C\CCCCCCCCCCCC(=O)OC(COC(=O)CCCCCCCCCCCCCCCCCCCCCCCC)COP(=O)(O)OC. The summed E-state index contributed by atoms with van der Waals surface area (Å²) in [5.74, 6) is -0.788. The molecule has 0 aliphatic heterocycles. The molecule has 0 rings (SSSR count). The molecular formula is C51H99O8P. The van der Waals surface area contributed by atoms with Crippen molar-refractivity contribution < 1.29 is 37.6 Å². The normalized spacial score (nSPS) is 13.2. The van der Waals surface area contributed by atoms with E-state index in [2.05, 4.69) is 30.5 Å². The zero-order chi connectivity index (χ0) is 43.9. The predicted octanol–water partition coefficient (Wildman–Crippen LogP) is 16.8. The van der Waals surface area contributed by atoms with Crippen LogP contribution in [-0.2, 0) is 32.7 Å². The highest BCUT2D eigenvalue weighted by molar-refractivity contribution is 7.47. The summed E-state index contributed by atoms with van der Waals surface area (Å²) in [6.45, 7) is 3.94. The van der Waals surface area contributed by atoms with Crippen molar-refractivity contribution in [3.8, 4) is 0 Å². The number of esters is 2. The van der Waals surface area contributed by atoms with E-state index in [0.29, 0.717) is 12.8 Å². The number of hydrogen-bond acceptors (Lipinski definition) is 7. The number of carbonyl (C=O) groups excluding carboxylic acids is 2. The van der Waals surface area contributed by atoms with Crippen molar-refractivity contribution in [3.63, 3.8) is 0 Å². The number of carbonyl (C=O) groups is 2. The molecule has 0 amide bonds. The summed E-state index contributed by atoms with van der Waals surface area (Å²) < 4.78 is 32.2. The van der Waals surface area contributed by atoms with Gasteiger partial charge < -0.3 is 14.4 Å². The maximum Gasteiger partial charge on any atom is 0.472 e.